The van der Waals surface area contributed by atoms with Crippen LogP contribution < -0.4 is 9.64 Å². The van der Waals surface area contributed by atoms with Crippen LogP contribution in [-0.2, 0) is 13.0 Å². The zero-order valence-corrected chi connectivity index (χ0v) is 14.6. The molecule has 0 saturated carbocycles. The fraction of sp³-hybridized carbons (Fsp3) is 0.529. The lowest BCUT2D eigenvalue weighted by molar-refractivity contribution is 0.198. The van der Waals surface area contributed by atoms with Gasteiger partial charge in [0.25, 0.3) is 0 Å². The molecule has 1 aromatic carbocycles. The molecule has 1 saturated heterocycles. The van der Waals surface area contributed by atoms with E-state index in [4.69, 9.17) is 9.84 Å². The predicted octanol–water partition coefficient (Wildman–Crippen LogP) is 1.85. The van der Waals surface area contributed by atoms with Gasteiger partial charge < -0.3 is 14.7 Å². The van der Waals surface area contributed by atoms with Crippen molar-refractivity contribution in [1.29, 1.82) is 0 Å². The zero-order valence-electron chi connectivity index (χ0n) is 13.8. The van der Waals surface area contributed by atoms with Crippen molar-refractivity contribution in [2.24, 2.45) is 0 Å². The van der Waals surface area contributed by atoms with Gasteiger partial charge in [0.1, 0.15) is 10.8 Å². The van der Waals surface area contributed by atoms with Gasteiger partial charge in [-0.25, -0.2) is 0 Å². The summed E-state index contributed by atoms with van der Waals surface area (Å²) in [5.74, 6) is 1.06. The number of rotatable bonds is 4. The van der Waals surface area contributed by atoms with E-state index < -0.39 is 0 Å². The number of aliphatic hydroxyl groups is 1. The van der Waals surface area contributed by atoms with Crippen molar-refractivity contribution in [3.8, 4) is 5.75 Å². The van der Waals surface area contributed by atoms with E-state index in [-0.39, 0.29) is 6.61 Å². The van der Waals surface area contributed by atoms with Gasteiger partial charge >= 0.3 is 0 Å². The first-order chi connectivity index (χ1) is 11.7. The molecule has 6 nitrogen and oxygen atoms in total. The highest BCUT2D eigenvalue weighted by Gasteiger charge is 2.25. The minimum atomic E-state index is -0.0327. The highest BCUT2D eigenvalue weighted by molar-refractivity contribution is 7.15. The van der Waals surface area contributed by atoms with Crippen LogP contribution in [0.1, 0.15) is 29.1 Å². The Morgan fingerprint density at radius 3 is 2.83 bits per heavy atom. The third-order valence-electron chi connectivity index (χ3n) is 4.93. The van der Waals surface area contributed by atoms with Gasteiger partial charge in [-0.1, -0.05) is 23.5 Å². The molecule has 1 fully saturated rings. The maximum absolute atomic E-state index is 9.13. The molecule has 2 aliphatic heterocycles. The molecule has 24 heavy (non-hydrogen) atoms. The fourth-order valence-corrected chi connectivity index (χ4v) is 4.14. The third-order valence-corrected chi connectivity index (χ3v) is 5.90. The molecular weight excluding hydrogens is 324 g/mol. The highest BCUT2D eigenvalue weighted by atomic mass is 32.1. The van der Waals surface area contributed by atoms with Gasteiger partial charge in [-0.05, 0) is 24.1 Å². The van der Waals surface area contributed by atoms with Crippen molar-refractivity contribution in [2.75, 3.05) is 37.7 Å². The van der Waals surface area contributed by atoms with E-state index in [0.29, 0.717) is 11.0 Å². The van der Waals surface area contributed by atoms with Crippen LogP contribution in [0.25, 0.3) is 0 Å². The monoisotopic (exact) mass is 346 g/mol. The summed E-state index contributed by atoms with van der Waals surface area (Å²) in [7, 11) is 0. The second-order valence-corrected chi connectivity index (χ2v) is 7.34. The summed E-state index contributed by atoms with van der Waals surface area (Å²) in [6.07, 6.45) is 1.03. The van der Waals surface area contributed by atoms with Gasteiger partial charge in [0.15, 0.2) is 0 Å². The zero-order chi connectivity index (χ0) is 16.5. The molecule has 128 valence electrons. The third kappa shape index (κ3) is 2.99. The van der Waals surface area contributed by atoms with Gasteiger partial charge in [-0.15, -0.1) is 10.2 Å². The number of nitrogens with zero attached hydrogens (tertiary/aromatic N) is 4. The summed E-state index contributed by atoms with van der Waals surface area (Å²) in [4.78, 5) is 4.76. The Bertz CT molecular complexity index is 712. The Labute approximate surface area is 145 Å². The molecule has 1 N–H and O–H groups in total. The van der Waals surface area contributed by atoms with Crippen molar-refractivity contribution in [1.82, 2.24) is 15.1 Å². The van der Waals surface area contributed by atoms with Crippen LogP contribution in [0.2, 0.25) is 0 Å². The Morgan fingerprint density at radius 1 is 1.25 bits per heavy atom. The molecule has 0 bridgehead atoms. The summed E-state index contributed by atoms with van der Waals surface area (Å²) < 4.78 is 5.70. The minimum Gasteiger partial charge on any atom is -0.493 e. The van der Waals surface area contributed by atoms with E-state index in [1.807, 2.05) is 0 Å². The van der Waals surface area contributed by atoms with Crippen LogP contribution in [0.4, 0.5) is 5.13 Å². The average Bonchev–Trinajstić information content (AvgIpc) is 3.29. The van der Waals surface area contributed by atoms with Crippen molar-refractivity contribution in [3.05, 3.63) is 34.3 Å². The van der Waals surface area contributed by atoms with Crippen molar-refractivity contribution < 1.29 is 9.84 Å². The van der Waals surface area contributed by atoms with Crippen LogP contribution in [-0.4, -0.2) is 53.0 Å². The average molecular weight is 346 g/mol. The Morgan fingerprint density at radius 2 is 2.08 bits per heavy atom. The molecular formula is C17H22N4O2S. The Hall–Kier alpha value is -1.70. The van der Waals surface area contributed by atoms with E-state index in [0.717, 1.165) is 50.1 Å². The van der Waals surface area contributed by atoms with E-state index in [1.54, 1.807) is 0 Å². The molecule has 7 heteroatoms. The Balaban J connectivity index is 1.40. The first-order valence-electron chi connectivity index (χ1n) is 8.42. The smallest absolute Gasteiger partial charge is 0.208 e. The maximum Gasteiger partial charge on any atom is 0.208 e. The number of aromatic nitrogens is 2. The van der Waals surface area contributed by atoms with Crippen LogP contribution in [0, 0.1) is 0 Å². The number of piperazine rings is 1. The number of ether oxygens (including phenoxy) is 1. The fourth-order valence-electron chi connectivity index (χ4n) is 3.39. The highest BCUT2D eigenvalue weighted by Crippen LogP contribution is 2.31. The van der Waals surface area contributed by atoms with Gasteiger partial charge in [0.2, 0.25) is 5.13 Å². The summed E-state index contributed by atoms with van der Waals surface area (Å²) in [5.41, 5.74) is 2.65. The topological polar surface area (TPSA) is 61.7 Å². The van der Waals surface area contributed by atoms with E-state index >= 15 is 0 Å². The normalized spacial score (nSPS) is 19.2. The molecule has 0 spiro atoms. The summed E-state index contributed by atoms with van der Waals surface area (Å²) in [6, 6.07) is 7.03. The molecule has 1 atom stereocenters. The molecule has 0 radical (unpaired) electrons. The maximum atomic E-state index is 9.13. The largest absolute Gasteiger partial charge is 0.493 e. The summed E-state index contributed by atoms with van der Waals surface area (Å²) >= 11 is 1.48. The molecule has 0 aliphatic carbocycles. The predicted molar refractivity (Wildman–Crippen MR) is 93.7 cm³/mol. The van der Waals surface area contributed by atoms with E-state index in [9.17, 15) is 0 Å². The number of hydrogen-bond acceptors (Lipinski definition) is 7. The number of fused-ring (bicyclic) bond motifs is 1. The lowest BCUT2D eigenvalue weighted by atomic mass is 10.0. The molecule has 3 heterocycles. The van der Waals surface area contributed by atoms with Crippen LogP contribution >= 0.6 is 11.3 Å². The first-order valence-corrected chi connectivity index (χ1v) is 9.24. The van der Waals surface area contributed by atoms with Gasteiger partial charge in [-0.3, -0.25) is 4.90 Å². The second kappa shape index (κ2) is 6.66. The first kappa shape index (κ1) is 15.8. The van der Waals surface area contributed by atoms with Crippen molar-refractivity contribution >= 4 is 16.5 Å². The number of anilines is 1. The minimum absolute atomic E-state index is 0.0327. The summed E-state index contributed by atoms with van der Waals surface area (Å²) in [5, 5.41) is 18.9. The van der Waals surface area contributed by atoms with E-state index in [2.05, 4.69) is 45.1 Å². The van der Waals surface area contributed by atoms with Crippen LogP contribution in [0.3, 0.4) is 0 Å². The molecule has 2 aromatic rings. The number of aliphatic hydroxyl groups excluding tert-OH is 1. The molecule has 0 amide bonds. The van der Waals surface area contributed by atoms with E-state index in [1.165, 1.54) is 22.5 Å². The van der Waals surface area contributed by atoms with Crippen LogP contribution in [0.15, 0.2) is 18.2 Å². The SMILES string of the molecule is CC(c1ccc2c(c1)OCC2)N1CCN(c2nnc(CO)s2)CC1. The van der Waals surface area contributed by atoms with Crippen LogP contribution in [0.5, 0.6) is 5.75 Å². The second-order valence-electron chi connectivity index (χ2n) is 6.30. The lowest BCUT2D eigenvalue weighted by Gasteiger charge is -2.38. The summed E-state index contributed by atoms with van der Waals surface area (Å²) in [6.45, 7) is 6.90. The number of benzene rings is 1. The van der Waals surface area contributed by atoms with Crippen molar-refractivity contribution in [2.45, 2.75) is 26.0 Å². The molecule has 1 unspecified atom stereocenters. The van der Waals surface area contributed by atoms with Gasteiger partial charge in [-0.2, -0.15) is 0 Å². The van der Waals surface area contributed by atoms with Crippen molar-refractivity contribution in [3.63, 3.8) is 0 Å². The van der Waals surface area contributed by atoms with Gasteiger partial charge in [0, 0.05) is 38.6 Å². The quantitative estimate of drug-likeness (QED) is 0.912. The standard InChI is InChI=1S/C17H22N4O2S/c1-12(14-3-2-13-4-9-23-15(13)10-14)20-5-7-21(8-6-20)17-19-18-16(11-22)24-17/h2-3,10,12,22H,4-9,11H2,1H3. The number of hydrogen-bond donors (Lipinski definition) is 1. The molecule has 1 aromatic heterocycles. The molecule has 4 rings (SSSR count). The molecule has 2 aliphatic rings. The van der Waals surface area contributed by atoms with Gasteiger partial charge in [0.05, 0.1) is 13.2 Å². The Kier molecular flexibility index (Phi) is 4.39. The lowest BCUT2D eigenvalue weighted by Crippen LogP contribution is -2.47.